The molecule has 1 aromatic heterocycles. The van der Waals surface area contributed by atoms with Crippen molar-refractivity contribution >= 4 is 5.91 Å². The number of hydrogen-bond acceptors (Lipinski definition) is 2. The van der Waals surface area contributed by atoms with E-state index in [1.165, 1.54) is 6.20 Å². The maximum atomic E-state index is 12.7. The Kier molecular flexibility index (Phi) is 5.75. The van der Waals surface area contributed by atoms with Crippen LogP contribution in [-0.4, -0.2) is 34.6 Å². The van der Waals surface area contributed by atoms with Gasteiger partial charge in [-0.3, -0.25) is 9.78 Å². The molecule has 0 aromatic carbocycles. The van der Waals surface area contributed by atoms with Gasteiger partial charge < -0.3 is 4.90 Å². The van der Waals surface area contributed by atoms with Crippen molar-refractivity contribution < 1.29 is 18.0 Å². The molecule has 0 bridgehead atoms. The fraction of sp³-hybridized carbons (Fsp3) is 0.600. The summed E-state index contributed by atoms with van der Waals surface area (Å²) in [6, 6.07) is 2.98. The molecule has 0 N–H and O–H groups in total. The van der Waals surface area contributed by atoms with Crippen LogP contribution < -0.4 is 0 Å². The highest BCUT2D eigenvalue weighted by molar-refractivity contribution is 5.79. The quantitative estimate of drug-likeness (QED) is 0.835. The molecular formula is C15H21F3N2O. The smallest absolute Gasteiger partial charge is 0.330 e. The summed E-state index contributed by atoms with van der Waals surface area (Å²) in [7, 11) is 0. The van der Waals surface area contributed by atoms with Crippen molar-refractivity contribution in [3.63, 3.8) is 0 Å². The highest BCUT2D eigenvalue weighted by Crippen LogP contribution is 2.21. The van der Waals surface area contributed by atoms with Gasteiger partial charge in [-0.05, 0) is 31.4 Å². The van der Waals surface area contributed by atoms with Gasteiger partial charge in [0.25, 0.3) is 0 Å². The second-order valence-corrected chi connectivity index (χ2v) is 5.61. The lowest BCUT2D eigenvalue weighted by Crippen LogP contribution is -2.47. The third-order valence-electron chi connectivity index (χ3n) is 3.45. The molecule has 0 radical (unpaired) electrons. The molecule has 1 amide bonds. The number of amides is 1. The van der Waals surface area contributed by atoms with Crippen molar-refractivity contribution in [1.82, 2.24) is 9.88 Å². The number of pyridine rings is 1. The maximum absolute atomic E-state index is 12.7. The molecule has 0 aliphatic heterocycles. The number of halogens is 3. The number of rotatable bonds is 5. The van der Waals surface area contributed by atoms with Gasteiger partial charge in [-0.15, -0.1) is 0 Å². The van der Waals surface area contributed by atoms with Crippen LogP contribution in [0, 0.1) is 12.8 Å². The molecule has 1 atom stereocenters. The van der Waals surface area contributed by atoms with E-state index in [1.807, 2.05) is 6.92 Å². The van der Waals surface area contributed by atoms with Gasteiger partial charge in [0.05, 0.1) is 6.42 Å². The molecule has 1 rings (SSSR count). The van der Waals surface area contributed by atoms with Gasteiger partial charge in [0, 0.05) is 17.9 Å². The van der Waals surface area contributed by atoms with Gasteiger partial charge >= 0.3 is 6.18 Å². The maximum Gasteiger partial charge on any atom is 0.406 e. The Morgan fingerprint density at radius 1 is 1.29 bits per heavy atom. The standard InChI is InChI=1S/C15H21F3N2O/c1-10(2)12(4)20(9-15(16,17)18)14(21)7-13-6-5-11(3)19-8-13/h5-6,8,10,12H,7,9H2,1-4H3/t12-/m1/s1. The largest absolute Gasteiger partial charge is 0.406 e. The van der Waals surface area contributed by atoms with Crippen LogP contribution in [0.15, 0.2) is 18.3 Å². The molecule has 0 spiro atoms. The van der Waals surface area contributed by atoms with E-state index in [-0.39, 0.29) is 12.3 Å². The van der Waals surface area contributed by atoms with E-state index in [4.69, 9.17) is 0 Å². The minimum absolute atomic E-state index is 0.0487. The Balaban J connectivity index is 2.86. The Labute approximate surface area is 123 Å². The summed E-state index contributed by atoms with van der Waals surface area (Å²) >= 11 is 0. The Bertz CT molecular complexity index is 469. The molecule has 1 aromatic rings. The number of nitrogens with zero attached hydrogens (tertiary/aromatic N) is 2. The normalized spacial score (nSPS) is 13.3. The molecule has 21 heavy (non-hydrogen) atoms. The third-order valence-corrected chi connectivity index (χ3v) is 3.45. The van der Waals surface area contributed by atoms with E-state index < -0.39 is 24.7 Å². The SMILES string of the molecule is Cc1ccc(CC(=O)N(CC(F)(F)F)[C@H](C)C(C)C)cn1. The molecule has 0 saturated heterocycles. The second-order valence-electron chi connectivity index (χ2n) is 5.61. The first-order valence-corrected chi connectivity index (χ1v) is 6.88. The fourth-order valence-corrected chi connectivity index (χ4v) is 1.89. The summed E-state index contributed by atoms with van der Waals surface area (Å²) in [5.74, 6) is -0.577. The summed E-state index contributed by atoms with van der Waals surface area (Å²) in [5.41, 5.74) is 1.42. The lowest BCUT2D eigenvalue weighted by atomic mass is 10.0. The molecule has 0 aliphatic rings. The van der Waals surface area contributed by atoms with E-state index >= 15 is 0 Å². The van der Waals surface area contributed by atoms with Crippen molar-refractivity contribution in [3.05, 3.63) is 29.6 Å². The predicted molar refractivity (Wildman–Crippen MR) is 74.7 cm³/mol. The van der Waals surface area contributed by atoms with Crippen LogP contribution in [0.25, 0.3) is 0 Å². The van der Waals surface area contributed by atoms with E-state index in [0.717, 1.165) is 10.6 Å². The van der Waals surface area contributed by atoms with Crippen LogP contribution in [0.5, 0.6) is 0 Å². The Morgan fingerprint density at radius 2 is 1.90 bits per heavy atom. The number of alkyl halides is 3. The summed E-state index contributed by atoms with van der Waals surface area (Å²) in [6.45, 7) is 5.83. The molecule has 0 aliphatic carbocycles. The van der Waals surface area contributed by atoms with Gasteiger partial charge in [0.15, 0.2) is 0 Å². The average molecular weight is 302 g/mol. The van der Waals surface area contributed by atoms with Crippen molar-refractivity contribution in [2.24, 2.45) is 5.92 Å². The highest BCUT2D eigenvalue weighted by Gasteiger charge is 2.35. The van der Waals surface area contributed by atoms with Crippen molar-refractivity contribution in [2.45, 2.75) is 46.3 Å². The first-order chi connectivity index (χ1) is 9.60. The topological polar surface area (TPSA) is 33.2 Å². The number of carbonyl (C=O) groups excluding carboxylic acids is 1. The fourth-order valence-electron chi connectivity index (χ4n) is 1.89. The lowest BCUT2D eigenvalue weighted by molar-refractivity contribution is -0.166. The molecule has 6 heteroatoms. The predicted octanol–water partition coefficient (Wildman–Crippen LogP) is 3.37. The van der Waals surface area contributed by atoms with Crippen LogP contribution in [-0.2, 0) is 11.2 Å². The second kappa shape index (κ2) is 6.91. The molecule has 0 fully saturated rings. The van der Waals surface area contributed by atoms with Crippen LogP contribution in [0.2, 0.25) is 0 Å². The Morgan fingerprint density at radius 3 is 2.33 bits per heavy atom. The lowest BCUT2D eigenvalue weighted by Gasteiger charge is -2.32. The molecule has 3 nitrogen and oxygen atoms in total. The van der Waals surface area contributed by atoms with Gasteiger partial charge in [-0.1, -0.05) is 19.9 Å². The number of hydrogen-bond donors (Lipinski definition) is 0. The number of aryl methyl sites for hydroxylation is 1. The summed E-state index contributed by atoms with van der Waals surface area (Å²) in [4.78, 5) is 17.2. The van der Waals surface area contributed by atoms with Crippen molar-refractivity contribution in [2.75, 3.05) is 6.54 Å². The van der Waals surface area contributed by atoms with Gasteiger partial charge in [-0.25, -0.2) is 0 Å². The van der Waals surface area contributed by atoms with Crippen molar-refractivity contribution in [1.29, 1.82) is 0 Å². The minimum Gasteiger partial charge on any atom is -0.330 e. The van der Waals surface area contributed by atoms with Gasteiger partial charge in [-0.2, -0.15) is 13.2 Å². The highest BCUT2D eigenvalue weighted by atomic mass is 19.4. The first-order valence-electron chi connectivity index (χ1n) is 6.88. The average Bonchev–Trinajstić information content (AvgIpc) is 2.36. The van der Waals surface area contributed by atoms with Crippen molar-refractivity contribution in [3.8, 4) is 0 Å². The minimum atomic E-state index is -4.40. The summed E-state index contributed by atoms with van der Waals surface area (Å²) in [6.07, 6.45) is -2.94. The first kappa shape index (κ1) is 17.5. The third kappa shape index (κ3) is 5.73. The molecule has 1 heterocycles. The zero-order valence-corrected chi connectivity index (χ0v) is 12.7. The molecule has 0 unspecified atom stereocenters. The van der Waals surface area contributed by atoms with E-state index in [9.17, 15) is 18.0 Å². The number of carbonyl (C=O) groups is 1. The summed E-state index contributed by atoms with van der Waals surface area (Å²) < 4.78 is 38.0. The van der Waals surface area contributed by atoms with Gasteiger partial charge in [0.2, 0.25) is 5.91 Å². The summed E-state index contributed by atoms with van der Waals surface area (Å²) in [5, 5.41) is 0. The van der Waals surface area contributed by atoms with Crippen LogP contribution in [0.1, 0.15) is 32.0 Å². The van der Waals surface area contributed by atoms with E-state index in [2.05, 4.69) is 4.98 Å². The van der Waals surface area contributed by atoms with E-state index in [1.54, 1.807) is 32.9 Å². The Hall–Kier alpha value is -1.59. The van der Waals surface area contributed by atoms with Crippen LogP contribution in [0.3, 0.4) is 0 Å². The number of aromatic nitrogens is 1. The zero-order chi connectivity index (χ0) is 16.2. The zero-order valence-electron chi connectivity index (χ0n) is 12.7. The van der Waals surface area contributed by atoms with E-state index in [0.29, 0.717) is 5.56 Å². The van der Waals surface area contributed by atoms with Crippen LogP contribution >= 0.6 is 0 Å². The molecular weight excluding hydrogens is 281 g/mol. The molecule has 0 saturated carbocycles. The van der Waals surface area contributed by atoms with Crippen LogP contribution in [0.4, 0.5) is 13.2 Å². The monoisotopic (exact) mass is 302 g/mol. The van der Waals surface area contributed by atoms with Gasteiger partial charge in [0.1, 0.15) is 6.54 Å². The molecule has 118 valence electrons.